The first-order valence-electron chi connectivity index (χ1n) is 4.80. The van der Waals surface area contributed by atoms with Crippen molar-refractivity contribution in [3.63, 3.8) is 0 Å². The summed E-state index contributed by atoms with van der Waals surface area (Å²) in [5.74, 6) is -0.152. The molecule has 0 aliphatic heterocycles. The molecule has 1 aliphatic rings. The summed E-state index contributed by atoms with van der Waals surface area (Å²) in [4.78, 5) is 10.9. The van der Waals surface area contributed by atoms with Crippen molar-refractivity contribution in [1.82, 2.24) is 0 Å². The predicted molar refractivity (Wildman–Crippen MR) is 53.9 cm³/mol. The summed E-state index contributed by atoms with van der Waals surface area (Å²) in [7, 11) is 1.66. The van der Waals surface area contributed by atoms with Crippen LogP contribution in [0.5, 0.6) is 0 Å². The van der Waals surface area contributed by atoms with Gasteiger partial charge in [0.15, 0.2) is 0 Å². The molecule has 0 amide bonds. The molecule has 0 fully saturated rings. The van der Waals surface area contributed by atoms with E-state index in [2.05, 4.69) is 6.08 Å². The maximum absolute atomic E-state index is 10.9. The molecule has 0 aromatic heterocycles. The molecule has 0 N–H and O–H groups in total. The number of rotatable bonds is 5. The Hall–Kier alpha value is -1.09. The molecule has 0 heterocycles. The lowest BCUT2D eigenvalue weighted by Gasteiger charge is -2.07. The van der Waals surface area contributed by atoms with E-state index in [9.17, 15) is 4.79 Å². The Kier molecular flexibility index (Phi) is 4.40. The van der Waals surface area contributed by atoms with Gasteiger partial charge >= 0.3 is 5.97 Å². The Labute approximate surface area is 84.4 Å². The Morgan fingerprint density at radius 3 is 2.93 bits per heavy atom. The number of carbonyl (C=O) groups is 1. The molecule has 78 valence electrons. The highest BCUT2D eigenvalue weighted by Gasteiger charge is 2.10. The number of hydrogen-bond donors (Lipinski definition) is 0. The van der Waals surface area contributed by atoms with Crippen LogP contribution in [-0.4, -0.2) is 26.3 Å². The Morgan fingerprint density at radius 1 is 1.50 bits per heavy atom. The summed E-state index contributed by atoms with van der Waals surface area (Å²) >= 11 is 0. The van der Waals surface area contributed by atoms with Crippen LogP contribution < -0.4 is 0 Å². The monoisotopic (exact) mass is 196 g/mol. The summed E-state index contributed by atoms with van der Waals surface area (Å²) in [6, 6.07) is 0. The van der Waals surface area contributed by atoms with Crippen LogP contribution in [0.1, 0.15) is 19.8 Å². The zero-order valence-corrected chi connectivity index (χ0v) is 8.71. The van der Waals surface area contributed by atoms with E-state index in [1.54, 1.807) is 14.0 Å². The van der Waals surface area contributed by atoms with Crippen molar-refractivity contribution in [1.29, 1.82) is 0 Å². The average molecular weight is 196 g/mol. The molecule has 1 rings (SSSR count). The van der Waals surface area contributed by atoms with Gasteiger partial charge < -0.3 is 9.47 Å². The number of methoxy groups -OCH3 is 1. The van der Waals surface area contributed by atoms with Crippen LogP contribution in [0.3, 0.4) is 0 Å². The van der Waals surface area contributed by atoms with Crippen molar-refractivity contribution >= 4 is 5.97 Å². The summed E-state index contributed by atoms with van der Waals surface area (Å²) in [5.41, 5.74) is 2.28. The number of esters is 1. The van der Waals surface area contributed by atoms with E-state index in [0.29, 0.717) is 19.6 Å². The van der Waals surface area contributed by atoms with Gasteiger partial charge in [-0.2, -0.15) is 0 Å². The molecule has 0 saturated carbocycles. The molecule has 0 aromatic carbocycles. The Bertz CT molecular complexity index is 264. The highest BCUT2D eigenvalue weighted by molar-refractivity contribution is 5.69. The molecule has 1 aliphatic carbocycles. The second-order valence-electron chi connectivity index (χ2n) is 3.18. The maximum atomic E-state index is 10.9. The second kappa shape index (κ2) is 5.60. The van der Waals surface area contributed by atoms with Crippen LogP contribution >= 0.6 is 0 Å². The molecule has 0 spiro atoms. The first-order chi connectivity index (χ1) is 6.77. The van der Waals surface area contributed by atoms with Gasteiger partial charge in [0, 0.05) is 13.5 Å². The Balaban J connectivity index is 2.43. The van der Waals surface area contributed by atoms with E-state index >= 15 is 0 Å². The minimum absolute atomic E-state index is 0.152. The number of allylic oxidation sites excluding steroid dienone is 1. The van der Waals surface area contributed by atoms with Crippen LogP contribution in [0, 0.1) is 0 Å². The van der Waals surface area contributed by atoms with Crippen LogP contribution in [0.15, 0.2) is 23.3 Å². The van der Waals surface area contributed by atoms with Gasteiger partial charge in [-0.25, -0.2) is 0 Å². The molecule has 14 heavy (non-hydrogen) atoms. The maximum Gasteiger partial charge on any atom is 0.305 e. The van der Waals surface area contributed by atoms with Gasteiger partial charge in [0.05, 0.1) is 6.61 Å². The van der Waals surface area contributed by atoms with E-state index in [1.165, 1.54) is 0 Å². The normalized spacial score (nSPS) is 15.0. The van der Waals surface area contributed by atoms with Gasteiger partial charge in [-0.3, -0.25) is 4.79 Å². The Morgan fingerprint density at radius 2 is 2.29 bits per heavy atom. The lowest BCUT2D eigenvalue weighted by Crippen LogP contribution is -2.07. The quantitative estimate of drug-likeness (QED) is 0.629. The van der Waals surface area contributed by atoms with Gasteiger partial charge in [-0.15, -0.1) is 0 Å². The number of ether oxygens (including phenoxy) is 2. The minimum atomic E-state index is -0.152. The molecular formula is C11H16O3. The largest absolute Gasteiger partial charge is 0.461 e. The molecule has 3 heteroatoms. The number of carbonyl (C=O) groups excluding carboxylic acids is 1. The van der Waals surface area contributed by atoms with Crippen LogP contribution in [0.25, 0.3) is 0 Å². The van der Waals surface area contributed by atoms with Crippen molar-refractivity contribution in [3.8, 4) is 0 Å². The minimum Gasteiger partial charge on any atom is -0.461 e. The van der Waals surface area contributed by atoms with Crippen molar-refractivity contribution < 1.29 is 14.3 Å². The molecule has 3 nitrogen and oxygen atoms in total. The highest BCUT2D eigenvalue weighted by Crippen LogP contribution is 2.19. The van der Waals surface area contributed by atoms with E-state index in [-0.39, 0.29) is 5.97 Å². The van der Waals surface area contributed by atoms with Crippen molar-refractivity contribution in [3.05, 3.63) is 23.3 Å². The van der Waals surface area contributed by atoms with Crippen molar-refractivity contribution in [2.24, 2.45) is 0 Å². The summed E-state index contributed by atoms with van der Waals surface area (Å²) < 4.78 is 10.1. The SMILES string of the molecule is CCC(=O)OCC1=C(COC)C=CC1. The molecule has 0 atom stereocenters. The fourth-order valence-corrected chi connectivity index (χ4v) is 1.32. The molecule has 0 radical (unpaired) electrons. The smallest absolute Gasteiger partial charge is 0.305 e. The van der Waals surface area contributed by atoms with Gasteiger partial charge in [-0.05, 0) is 17.6 Å². The second-order valence-corrected chi connectivity index (χ2v) is 3.18. The van der Waals surface area contributed by atoms with Gasteiger partial charge in [-0.1, -0.05) is 19.1 Å². The molecule has 0 unspecified atom stereocenters. The van der Waals surface area contributed by atoms with E-state index < -0.39 is 0 Å². The summed E-state index contributed by atoms with van der Waals surface area (Å²) in [5, 5.41) is 0. The highest BCUT2D eigenvalue weighted by atomic mass is 16.5. The van der Waals surface area contributed by atoms with E-state index in [1.807, 2.05) is 6.08 Å². The van der Waals surface area contributed by atoms with Crippen molar-refractivity contribution in [2.75, 3.05) is 20.3 Å². The summed E-state index contributed by atoms with van der Waals surface area (Å²) in [6.45, 7) is 2.79. The zero-order valence-electron chi connectivity index (χ0n) is 8.71. The van der Waals surface area contributed by atoms with Crippen LogP contribution in [-0.2, 0) is 14.3 Å². The molecule has 0 saturated heterocycles. The lowest BCUT2D eigenvalue weighted by molar-refractivity contribution is -0.142. The first kappa shape index (κ1) is 11.0. The number of hydrogen-bond acceptors (Lipinski definition) is 3. The third kappa shape index (κ3) is 3.00. The third-order valence-corrected chi connectivity index (χ3v) is 2.13. The van der Waals surface area contributed by atoms with Crippen LogP contribution in [0.4, 0.5) is 0 Å². The standard InChI is InChI=1S/C11H16O3/c1-3-11(12)14-8-10-6-4-5-9(10)7-13-2/h4-5H,3,6-8H2,1-2H3. The zero-order chi connectivity index (χ0) is 10.4. The van der Waals surface area contributed by atoms with Gasteiger partial charge in [0.25, 0.3) is 0 Å². The lowest BCUT2D eigenvalue weighted by atomic mass is 10.2. The van der Waals surface area contributed by atoms with Crippen LogP contribution in [0.2, 0.25) is 0 Å². The third-order valence-electron chi connectivity index (χ3n) is 2.13. The summed E-state index contributed by atoms with van der Waals surface area (Å²) in [6.07, 6.45) is 5.39. The molecule has 0 bridgehead atoms. The first-order valence-corrected chi connectivity index (χ1v) is 4.80. The molecule has 0 aromatic rings. The predicted octanol–water partition coefficient (Wildman–Crippen LogP) is 1.84. The van der Waals surface area contributed by atoms with Crippen molar-refractivity contribution in [2.45, 2.75) is 19.8 Å². The fourth-order valence-electron chi connectivity index (χ4n) is 1.32. The molecular weight excluding hydrogens is 180 g/mol. The van der Waals surface area contributed by atoms with Gasteiger partial charge in [0.1, 0.15) is 6.61 Å². The van der Waals surface area contributed by atoms with E-state index in [4.69, 9.17) is 9.47 Å². The average Bonchev–Trinajstić information content (AvgIpc) is 2.62. The topological polar surface area (TPSA) is 35.5 Å². The van der Waals surface area contributed by atoms with Gasteiger partial charge in [0.2, 0.25) is 0 Å². The fraction of sp³-hybridized carbons (Fsp3) is 0.545. The van der Waals surface area contributed by atoms with E-state index in [0.717, 1.165) is 17.6 Å².